The van der Waals surface area contributed by atoms with Gasteiger partial charge in [-0.2, -0.15) is 4.98 Å². The fraction of sp³-hybridized carbons (Fsp3) is 0.286. The smallest absolute Gasteiger partial charge is 0.345 e. The van der Waals surface area contributed by atoms with Gasteiger partial charge in [-0.05, 0) is 98.8 Å². The van der Waals surface area contributed by atoms with Crippen molar-refractivity contribution in [3.63, 3.8) is 0 Å². The Hall–Kier alpha value is -6.52. The molecule has 14 nitrogen and oxygen atoms in total. The summed E-state index contributed by atoms with van der Waals surface area (Å²) in [5, 5.41) is 11.3. The predicted octanol–water partition coefficient (Wildman–Crippen LogP) is 8.84. The zero-order valence-corrected chi connectivity index (χ0v) is 38.4. The van der Waals surface area contributed by atoms with E-state index in [2.05, 4.69) is 38.4 Å². The molecule has 66 heavy (non-hydrogen) atoms. The Bertz CT molecular complexity index is 2820. The van der Waals surface area contributed by atoms with Crippen LogP contribution >= 0.6 is 23.2 Å². The molecule has 2 bridgehead atoms. The van der Waals surface area contributed by atoms with E-state index in [0.717, 1.165) is 26.2 Å². The van der Waals surface area contributed by atoms with Gasteiger partial charge in [-0.1, -0.05) is 41.9 Å². The van der Waals surface area contributed by atoms with Crippen molar-refractivity contribution in [3.8, 4) is 45.8 Å². The SMILES string of the molecule is C=C1O[C@H](CN2CCN(C)CC2)COc2ccc(OCc3ccnc(-c4ccccc4OC)n3)c(c2)C[C@H](C(=O)O)Oc2ncnc3cc(-c4ccc(F)cc4)n(c23)/C(=C(\C)Cl)C(C)=C1Cl. The Morgan fingerprint density at radius 3 is 2.50 bits per heavy atom. The molecule has 8 rings (SSSR count). The summed E-state index contributed by atoms with van der Waals surface area (Å²) in [6.45, 7) is 11.8. The molecule has 0 saturated carbocycles. The van der Waals surface area contributed by atoms with Gasteiger partial charge in [0.2, 0.25) is 12.0 Å². The van der Waals surface area contributed by atoms with Gasteiger partial charge in [0.05, 0.1) is 40.3 Å². The number of likely N-dealkylation sites (N-methyl/N-ethyl adjacent to an activating group) is 1. The van der Waals surface area contributed by atoms with E-state index < -0.39 is 24.0 Å². The summed E-state index contributed by atoms with van der Waals surface area (Å²) in [6.07, 6.45) is 0.680. The van der Waals surface area contributed by atoms with E-state index in [9.17, 15) is 14.3 Å². The van der Waals surface area contributed by atoms with Crippen LogP contribution in [0.5, 0.6) is 23.1 Å². The Morgan fingerprint density at radius 2 is 1.76 bits per heavy atom. The third-order valence-electron chi connectivity index (χ3n) is 11.4. The molecule has 2 aliphatic rings. The lowest BCUT2D eigenvalue weighted by molar-refractivity contribution is -0.145. The Labute approximate surface area is 391 Å². The maximum Gasteiger partial charge on any atom is 0.345 e. The second-order valence-corrected chi connectivity index (χ2v) is 16.9. The summed E-state index contributed by atoms with van der Waals surface area (Å²) < 4.78 is 47.5. The summed E-state index contributed by atoms with van der Waals surface area (Å²) in [5.74, 6) is 0.295. The van der Waals surface area contributed by atoms with Crippen molar-refractivity contribution in [2.45, 2.75) is 39.1 Å². The molecule has 0 unspecified atom stereocenters. The Morgan fingerprint density at radius 1 is 0.985 bits per heavy atom. The zero-order valence-electron chi connectivity index (χ0n) is 36.8. The number of allylic oxidation sites excluding steroid dienone is 4. The molecule has 2 atom stereocenters. The highest BCUT2D eigenvalue weighted by atomic mass is 35.5. The van der Waals surface area contributed by atoms with Crippen LogP contribution in [0.1, 0.15) is 25.1 Å². The second-order valence-electron chi connectivity index (χ2n) is 16.0. The van der Waals surface area contributed by atoms with Crippen LogP contribution in [-0.2, 0) is 22.6 Å². The first-order valence-electron chi connectivity index (χ1n) is 21.2. The molecular formula is C49H48Cl2FN7O7. The number of methoxy groups -OCH3 is 1. The van der Waals surface area contributed by atoms with Crippen molar-refractivity contribution in [2.75, 3.05) is 53.5 Å². The number of para-hydroxylation sites is 1. The topological polar surface area (TPSA) is 146 Å². The van der Waals surface area contributed by atoms with Crippen LogP contribution in [0.3, 0.4) is 0 Å². The van der Waals surface area contributed by atoms with E-state index in [1.807, 2.05) is 24.3 Å². The number of benzene rings is 3. The molecular weight excluding hydrogens is 888 g/mol. The van der Waals surface area contributed by atoms with E-state index >= 15 is 0 Å². The van der Waals surface area contributed by atoms with Crippen LogP contribution < -0.4 is 18.9 Å². The minimum atomic E-state index is -1.51. The number of nitrogens with zero attached hydrogens (tertiary/aromatic N) is 7. The van der Waals surface area contributed by atoms with Gasteiger partial charge in [-0.15, -0.1) is 0 Å². The number of ether oxygens (including phenoxy) is 5. The van der Waals surface area contributed by atoms with Gasteiger partial charge in [0, 0.05) is 55.9 Å². The van der Waals surface area contributed by atoms with Crippen LogP contribution in [0.2, 0.25) is 0 Å². The van der Waals surface area contributed by atoms with Gasteiger partial charge in [0.15, 0.2) is 5.82 Å². The zero-order chi connectivity index (χ0) is 46.5. The highest BCUT2D eigenvalue weighted by Crippen LogP contribution is 2.41. The normalized spacial score (nSPS) is 18.5. The molecule has 1 fully saturated rings. The molecule has 17 heteroatoms. The number of aromatic nitrogens is 5. The maximum atomic E-state index is 14.3. The minimum absolute atomic E-state index is 0.0196. The Balaban J connectivity index is 1.24. The highest BCUT2D eigenvalue weighted by molar-refractivity contribution is 6.35. The third-order valence-corrected chi connectivity index (χ3v) is 12.1. The highest BCUT2D eigenvalue weighted by Gasteiger charge is 2.30. The molecule has 6 aromatic rings. The Kier molecular flexibility index (Phi) is 14.2. The van der Waals surface area contributed by atoms with Crippen molar-refractivity contribution >= 4 is 45.9 Å². The largest absolute Gasteiger partial charge is 0.496 e. The molecule has 0 radical (unpaired) electrons. The lowest BCUT2D eigenvalue weighted by Gasteiger charge is -2.34. The molecule has 3 aromatic carbocycles. The summed E-state index contributed by atoms with van der Waals surface area (Å²) >= 11 is 14.2. The van der Waals surface area contributed by atoms with Gasteiger partial charge in [-0.25, -0.2) is 24.1 Å². The minimum Gasteiger partial charge on any atom is -0.496 e. The van der Waals surface area contributed by atoms with E-state index in [1.54, 1.807) is 74.2 Å². The lowest BCUT2D eigenvalue weighted by atomic mass is 10.1. The maximum absolute atomic E-state index is 14.3. The van der Waals surface area contributed by atoms with E-state index in [1.165, 1.54) is 18.5 Å². The van der Waals surface area contributed by atoms with Gasteiger partial charge in [-0.3, -0.25) is 4.90 Å². The summed E-state index contributed by atoms with van der Waals surface area (Å²) in [5.41, 5.74) is 4.40. The van der Waals surface area contributed by atoms with Gasteiger partial charge < -0.3 is 38.3 Å². The molecule has 0 spiro atoms. The van der Waals surface area contributed by atoms with Gasteiger partial charge in [0.1, 0.15) is 60.0 Å². The first-order valence-corrected chi connectivity index (χ1v) is 22.0. The number of piperazine rings is 1. The van der Waals surface area contributed by atoms with Crippen molar-refractivity contribution in [1.82, 2.24) is 34.3 Å². The summed E-state index contributed by atoms with van der Waals surface area (Å²) in [4.78, 5) is 36.1. The number of hydrogen-bond donors (Lipinski definition) is 1. The fourth-order valence-corrected chi connectivity index (χ4v) is 8.34. The fourth-order valence-electron chi connectivity index (χ4n) is 7.98. The van der Waals surface area contributed by atoms with Crippen molar-refractivity contribution in [3.05, 3.63) is 136 Å². The molecule has 0 amide bonds. The van der Waals surface area contributed by atoms with Crippen LogP contribution in [0.25, 0.3) is 39.4 Å². The average Bonchev–Trinajstić information content (AvgIpc) is 3.70. The van der Waals surface area contributed by atoms with Crippen LogP contribution in [0, 0.1) is 5.82 Å². The monoisotopic (exact) mass is 935 g/mol. The summed E-state index contributed by atoms with van der Waals surface area (Å²) in [7, 11) is 3.68. The number of rotatable bonds is 9. The molecule has 1 saturated heterocycles. The second kappa shape index (κ2) is 20.3. The molecule has 1 N–H and O–H groups in total. The standard InChI is InChI=1S/C49H48Cl2FN7O7/c1-29-44(51)31(3)65-37(25-58-20-18-57(4)19-21-58)27-63-36-14-15-41(64-26-35-16-17-53-47(56-35)38-8-6-7-9-42(38)62-5)33(22-36)23-43(49(60)61)66-48-46-39(54-28-55-48)24-40(59(46)45(29)30(2)50)32-10-12-34(52)13-11-32/h6-17,22,24,28,37,43H,3,18-21,23,25-27H2,1-2,4-5H3,(H,60,61)/b44-29?,45-30+/t37-,43-/m1/s1. The first-order chi connectivity index (χ1) is 31.9. The van der Waals surface area contributed by atoms with E-state index in [0.29, 0.717) is 79.5 Å². The first kappa shape index (κ1) is 46.0. The third kappa shape index (κ3) is 10.3. The molecule has 5 heterocycles. The molecule has 3 aromatic heterocycles. The number of hydrogen-bond acceptors (Lipinski definition) is 12. The number of carboxylic acids is 1. The molecule has 2 aliphatic heterocycles. The number of fused-ring (bicyclic) bond motifs is 2. The van der Waals surface area contributed by atoms with Crippen LogP contribution in [-0.4, -0.2) is 111 Å². The van der Waals surface area contributed by atoms with Gasteiger partial charge in [0.25, 0.3) is 0 Å². The number of carbonyl (C=O) groups is 1. The number of aliphatic carboxylic acids is 1. The van der Waals surface area contributed by atoms with Gasteiger partial charge >= 0.3 is 5.97 Å². The number of carboxylic acid groups (broad SMARTS) is 1. The quantitative estimate of drug-likeness (QED) is 0.147. The van der Waals surface area contributed by atoms with E-state index in [-0.39, 0.29) is 41.8 Å². The average molecular weight is 937 g/mol. The molecule has 0 aliphatic carbocycles. The van der Waals surface area contributed by atoms with Crippen molar-refractivity contribution in [1.29, 1.82) is 0 Å². The lowest BCUT2D eigenvalue weighted by Crippen LogP contribution is -2.48. The molecule has 342 valence electrons. The summed E-state index contributed by atoms with van der Waals surface area (Å²) in [6, 6.07) is 22.1. The van der Waals surface area contributed by atoms with Crippen LogP contribution in [0.4, 0.5) is 4.39 Å². The van der Waals surface area contributed by atoms with Crippen molar-refractivity contribution < 1.29 is 38.0 Å². The number of halogens is 3. The van der Waals surface area contributed by atoms with Crippen LogP contribution in [0.15, 0.2) is 119 Å². The van der Waals surface area contributed by atoms with E-state index in [4.69, 9.17) is 51.9 Å². The predicted molar refractivity (Wildman–Crippen MR) is 250 cm³/mol. The van der Waals surface area contributed by atoms with Crippen molar-refractivity contribution in [2.24, 2.45) is 0 Å².